The second-order valence-corrected chi connectivity index (χ2v) is 3.98. The molecule has 0 saturated carbocycles. The van der Waals surface area contributed by atoms with Crippen LogP contribution in [0.25, 0.3) is 0 Å². The SMILES string of the molecule is CCOc1ccccc1OCC(=O)NCCCNC. The summed E-state index contributed by atoms with van der Waals surface area (Å²) in [5.74, 6) is 1.13. The topological polar surface area (TPSA) is 59.6 Å². The van der Waals surface area contributed by atoms with Crippen molar-refractivity contribution in [1.29, 1.82) is 0 Å². The molecule has 19 heavy (non-hydrogen) atoms. The Balaban J connectivity index is 2.33. The maximum atomic E-state index is 11.6. The lowest BCUT2D eigenvalue weighted by Gasteiger charge is -2.11. The fourth-order valence-corrected chi connectivity index (χ4v) is 1.53. The molecular formula is C14H22N2O3. The molecule has 5 heteroatoms. The van der Waals surface area contributed by atoms with Gasteiger partial charge < -0.3 is 20.1 Å². The molecule has 0 radical (unpaired) electrons. The van der Waals surface area contributed by atoms with Gasteiger partial charge >= 0.3 is 0 Å². The monoisotopic (exact) mass is 266 g/mol. The van der Waals surface area contributed by atoms with Gasteiger partial charge in [-0.05, 0) is 39.1 Å². The van der Waals surface area contributed by atoms with Crippen LogP contribution in [-0.2, 0) is 4.79 Å². The molecule has 0 fully saturated rings. The Morgan fingerprint density at radius 2 is 1.84 bits per heavy atom. The minimum Gasteiger partial charge on any atom is -0.490 e. The molecule has 5 nitrogen and oxygen atoms in total. The second kappa shape index (κ2) is 9.22. The van der Waals surface area contributed by atoms with Gasteiger partial charge in [-0.15, -0.1) is 0 Å². The van der Waals surface area contributed by atoms with E-state index in [1.54, 1.807) is 6.07 Å². The first-order valence-corrected chi connectivity index (χ1v) is 6.53. The van der Waals surface area contributed by atoms with E-state index >= 15 is 0 Å². The molecule has 0 unspecified atom stereocenters. The molecule has 0 spiro atoms. The predicted molar refractivity (Wildman–Crippen MR) is 74.7 cm³/mol. The van der Waals surface area contributed by atoms with Gasteiger partial charge in [0.15, 0.2) is 18.1 Å². The first-order valence-electron chi connectivity index (χ1n) is 6.53. The summed E-state index contributed by atoms with van der Waals surface area (Å²) in [6, 6.07) is 7.33. The standard InChI is InChI=1S/C14H22N2O3/c1-3-18-12-7-4-5-8-13(12)19-11-14(17)16-10-6-9-15-2/h4-5,7-8,15H,3,6,9-11H2,1-2H3,(H,16,17). The average Bonchev–Trinajstić information content (AvgIpc) is 2.43. The van der Waals surface area contributed by atoms with E-state index in [0.29, 0.717) is 24.7 Å². The normalized spacial score (nSPS) is 10.0. The number of nitrogens with one attached hydrogen (secondary N) is 2. The summed E-state index contributed by atoms with van der Waals surface area (Å²) in [6.07, 6.45) is 0.901. The smallest absolute Gasteiger partial charge is 0.257 e. The summed E-state index contributed by atoms with van der Waals surface area (Å²) in [7, 11) is 1.88. The molecule has 0 aromatic heterocycles. The Hall–Kier alpha value is -1.75. The van der Waals surface area contributed by atoms with Crippen LogP contribution < -0.4 is 20.1 Å². The number of rotatable bonds is 9. The van der Waals surface area contributed by atoms with Crippen LogP contribution in [-0.4, -0.2) is 39.3 Å². The highest BCUT2D eigenvalue weighted by molar-refractivity contribution is 5.77. The van der Waals surface area contributed by atoms with Gasteiger partial charge in [0.25, 0.3) is 5.91 Å². The number of carbonyl (C=O) groups is 1. The van der Waals surface area contributed by atoms with Crippen molar-refractivity contribution < 1.29 is 14.3 Å². The van der Waals surface area contributed by atoms with Crippen LogP contribution in [0.15, 0.2) is 24.3 Å². The van der Waals surface area contributed by atoms with Gasteiger partial charge in [0.2, 0.25) is 0 Å². The maximum Gasteiger partial charge on any atom is 0.257 e. The van der Waals surface area contributed by atoms with Crippen LogP contribution >= 0.6 is 0 Å². The van der Waals surface area contributed by atoms with Crippen LogP contribution in [0.2, 0.25) is 0 Å². The molecule has 1 aromatic carbocycles. The Kier molecular flexibility index (Phi) is 7.43. The van der Waals surface area contributed by atoms with Gasteiger partial charge in [-0.1, -0.05) is 12.1 Å². The van der Waals surface area contributed by atoms with Gasteiger partial charge in [0.05, 0.1) is 6.61 Å². The Morgan fingerprint density at radius 3 is 2.47 bits per heavy atom. The molecule has 106 valence electrons. The molecule has 0 aliphatic heterocycles. The van der Waals surface area contributed by atoms with E-state index in [0.717, 1.165) is 13.0 Å². The largest absolute Gasteiger partial charge is 0.490 e. The van der Waals surface area contributed by atoms with Crippen LogP contribution in [0.4, 0.5) is 0 Å². The molecule has 1 rings (SSSR count). The molecule has 1 aromatic rings. The summed E-state index contributed by atoms with van der Waals surface area (Å²) >= 11 is 0. The van der Waals surface area contributed by atoms with E-state index in [9.17, 15) is 4.79 Å². The van der Waals surface area contributed by atoms with E-state index < -0.39 is 0 Å². The van der Waals surface area contributed by atoms with Gasteiger partial charge in [-0.2, -0.15) is 0 Å². The molecule has 2 N–H and O–H groups in total. The van der Waals surface area contributed by atoms with E-state index in [1.165, 1.54) is 0 Å². The number of hydrogen-bond acceptors (Lipinski definition) is 4. The third-order valence-electron chi connectivity index (χ3n) is 2.43. The van der Waals surface area contributed by atoms with E-state index in [2.05, 4.69) is 10.6 Å². The second-order valence-electron chi connectivity index (χ2n) is 3.98. The lowest BCUT2D eigenvalue weighted by Crippen LogP contribution is -2.31. The quantitative estimate of drug-likeness (QED) is 0.659. The van der Waals surface area contributed by atoms with Gasteiger partial charge in [-0.3, -0.25) is 4.79 Å². The highest BCUT2D eigenvalue weighted by Crippen LogP contribution is 2.26. The fraction of sp³-hybridized carbons (Fsp3) is 0.500. The van der Waals surface area contributed by atoms with Crippen molar-refractivity contribution in [3.63, 3.8) is 0 Å². The van der Waals surface area contributed by atoms with Gasteiger partial charge in [0, 0.05) is 6.54 Å². The Labute approximate surface area is 114 Å². The summed E-state index contributed by atoms with van der Waals surface area (Å²) in [6.45, 7) is 4.01. The fourth-order valence-electron chi connectivity index (χ4n) is 1.53. The number of ether oxygens (including phenoxy) is 2. The molecule has 0 aliphatic carbocycles. The van der Waals surface area contributed by atoms with E-state index in [1.807, 2.05) is 32.2 Å². The summed E-state index contributed by atoms with van der Waals surface area (Å²) in [5.41, 5.74) is 0. The average molecular weight is 266 g/mol. The molecule has 0 atom stereocenters. The molecule has 1 amide bonds. The van der Waals surface area contributed by atoms with Gasteiger partial charge in [0.1, 0.15) is 0 Å². The number of amides is 1. The van der Waals surface area contributed by atoms with Crippen LogP contribution in [0, 0.1) is 0 Å². The van der Waals surface area contributed by atoms with Crippen molar-refractivity contribution in [3.05, 3.63) is 24.3 Å². The van der Waals surface area contributed by atoms with Crippen molar-refractivity contribution in [2.45, 2.75) is 13.3 Å². The van der Waals surface area contributed by atoms with Crippen molar-refractivity contribution in [2.24, 2.45) is 0 Å². The summed E-state index contributed by atoms with van der Waals surface area (Å²) < 4.78 is 10.9. The summed E-state index contributed by atoms with van der Waals surface area (Å²) in [4.78, 5) is 11.6. The number of benzene rings is 1. The predicted octanol–water partition coefficient (Wildman–Crippen LogP) is 1.19. The number of hydrogen-bond donors (Lipinski definition) is 2. The molecule has 0 saturated heterocycles. The lowest BCUT2D eigenvalue weighted by atomic mass is 10.3. The van der Waals surface area contributed by atoms with Crippen LogP contribution in [0.1, 0.15) is 13.3 Å². The highest BCUT2D eigenvalue weighted by atomic mass is 16.5. The molecule has 0 aliphatic rings. The molecular weight excluding hydrogens is 244 g/mol. The zero-order valence-corrected chi connectivity index (χ0v) is 11.6. The Bertz CT molecular complexity index is 383. The first-order chi connectivity index (χ1) is 9.27. The minimum absolute atomic E-state index is 0.00361. The zero-order chi connectivity index (χ0) is 13.9. The molecule has 0 heterocycles. The van der Waals surface area contributed by atoms with Crippen molar-refractivity contribution in [1.82, 2.24) is 10.6 Å². The van der Waals surface area contributed by atoms with Crippen molar-refractivity contribution >= 4 is 5.91 Å². The maximum absolute atomic E-state index is 11.6. The minimum atomic E-state index is -0.123. The van der Waals surface area contributed by atoms with Gasteiger partial charge in [-0.25, -0.2) is 0 Å². The highest BCUT2D eigenvalue weighted by Gasteiger charge is 2.06. The first kappa shape index (κ1) is 15.3. The number of carbonyl (C=O) groups excluding carboxylic acids is 1. The van der Waals surface area contributed by atoms with Crippen molar-refractivity contribution in [2.75, 3.05) is 33.4 Å². The Morgan fingerprint density at radius 1 is 1.16 bits per heavy atom. The van der Waals surface area contributed by atoms with Crippen LogP contribution in [0.3, 0.4) is 0 Å². The van der Waals surface area contributed by atoms with Crippen molar-refractivity contribution in [3.8, 4) is 11.5 Å². The van der Waals surface area contributed by atoms with E-state index in [4.69, 9.17) is 9.47 Å². The lowest BCUT2D eigenvalue weighted by molar-refractivity contribution is -0.123. The van der Waals surface area contributed by atoms with E-state index in [-0.39, 0.29) is 12.5 Å². The zero-order valence-electron chi connectivity index (χ0n) is 11.6. The molecule has 0 bridgehead atoms. The number of para-hydroxylation sites is 2. The third-order valence-corrected chi connectivity index (χ3v) is 2.43. The summed E-state index contributed by atoms with van der Waals surface area (Å²) in [5, 5.41) is 5.82. The van der Waals surface area contributed by atoms with Crippen LogP contribution in [0.5, 0.6) is 11.5 Å². The third kappa shape index (κ3) is 6.10.